The van der Waals surface area contributed by atoms with Gasteiger partial charge in [-0.05, 0) is 108 Å². The van der Waals surface area contributed by atoms with Gasteiger partial charge in [-0.15, -0.1) is 0 Å². The lowest BCUT2D eigenvalue weighted by Crippen LogP contribution is -2.33. The summed E-state index contributed by atoms with van der Waals surface area (Å²) in [4.78, 5) is 12.3. The molecule has 1 saturated carbocycles. The predicted molar refractivity (Wildman–Crippen MR) is 159 cm³/mol. The molecule has 2 aliphatic rings. The van der Waals surface area contributed by atoms with Gasteiger partial charge in [-0.25, -0.2) is 0 Å². The fourth-order valence-corrected chi connectivity index (χ4v) is 6.29. The Hall–Kier alpha value is -3.35. The van der Waals surface area contributed by atoms with Gasteiger partial charge in [0.05, 0.1) is 32.3 Å². The summed E-state index contributed by atoms with van der Waals surface area (Å²) in [6.45, 7) is 10.8. The van der Waals surface area contributed by atoms with Crippen LogP contribution in [0.2, 0.25) is 0 Å². The number of benzene rings is 3. The number of aliphatic hydroxyl groups excluding tert-OH is 2. The Labute approximate surface area is 243 Å². The second-order valence-corrected chi connectivity index (χ2v) is 12.0. The molecule has 1 fully saturated rings. The minimum absolute atomic E-state index is 0.0236. The van der Waals surface area contributed by atoms with E-state index in [1.165, 1.54) is 16.7 Å². The number of esters is 1. The highest BCUT2D eigenvalue weighted by Gasteiger charge is 2.60. The van der Waals surface area contributed by atoms with Crippen molar-refractivity contribution in [3.05, 3.63) is 81.9 Å². The van der Waals surface area contributed by atoms with Crippen molar-refractivity contribution in [1.29, 1.82) is 0 Å². The quantitative estimate of drug-likeness (QED) is 0.268. The number of rotatable bonds is 12. The minimum atomic E-state index is -0.684. The number of hydrogen-bond acceptors (Lipinski definition) is 6. The minimum Gasteiger partial charge on any atom is -0.493 e. The van der Waals surface area contributed by atoms with Crippen molar-refractivity contribution < 1.29 is 29.2 Å². The van der Waals surface area contributed by atoms with Gasteiger partial charge in [0, 0.05) is 11.3 Å². The molecule has 218 valence electrons. The van der Waals surface area contributed by atoms with E-state index in [0.717, 1.165) is 52.2 Å². The molecule has 0 bridgehead atoms. The molecule has 0 amide bonds. The summed E-state index contributed by atoms with van der Waals surface area (Å²) >= 11 is 0. The monoisotopic (exact) mass is 558 g/mol. The molecule has 3 atom stereocenters. The highest BCUT2D eigenvalue weighted by Crippen LogP contribution is 2.62. The molecular weight excluding hydrogens is 516 g/mol. The van der Waals surface area contributed by atoms with Gasteiger partial charge in [-0.3, -0.25) is 4.79 Å². The van der Waals surface area contributed by atoms with E-state index >= 15 is 0 Å². The topological polar surface area (TPSA) is 85.2 Å². The standard InChI is InChI=1S/C35H42O6/c1-6-24-14-28-26(15-29-32(28)33(29)34(38)39-7-2)16-30(24)40-17-23-9-8-10-25(13-23)31-21(3)11-27(12-22(31)4)41-20-35(5,18-36)19-37/h8-14,16,29,32-33,36-37H,6-7,15,17-20H2,1-5H3. The zero-order chi connectivity index (χ0) is 29.3. The van der Waals surface area contributed by atoms with E-state index in [-0.39, 0.29) is 31.7 Å². The molecule has 0 saturated heterocycles. The van der Waals surface area contributed by atoms with E-state index in [1.54, 1.807) is 6.92 Å². The Bertz CT molecular complexity index is 1400. The summed E-state index contributed by atoms with van der Waals surface area (Å²) in [5, 5.41) is 19.1. The van der Waals surface area contributed by atoms with E-state index in [1.807, 2.05) is 19.1 Å². The van der Waals surface area contributed by atoms with Gasteiger partial charge >= 0.3 is 5.97 Å². The van der Waals surface area contributed by atoms with Gasteiger partial charge in [0.1, 0.15) is 18.1 Å². The highest BCUT2D eigenvalue weighted by atomic mass is 16.5. The predicted octanol–water partition coefficient (Wildman–Crippen LogP) is 5.93. The third-order valence-electron chi connectivity index (χ3n) is 8.71. The molecule has 5 rings (SSSR count). The van der Waals surface area contributed by atoms with Crippen LogP contribution in [0.3, 0.4) is 0 Å². The van der Waals surface area contributed by atoms with Crippen molar-refractivity contribution in [3.8, 4) is 22.6 Å². The molecule has 0 aromatic heterocycles. The zero-order valence-electron chi connectivity index (χ0n) is 24.8. The number of aryl methyl sites for hydroxylation is 3. The molecule has 0 spiro atoms. The van der Waals surface area contributed by atoms with Gasteiger partial charge in [0.25, 0.3) is 0 Å². The number of fused-ring (bicyclic) bond motifs is 3. The van der Waals surface area contributed by atoms with E-state index in [4.69, 9.17) is 14.2 Å². The molecular formula is C35H42O6. The van der Waals surface area contributed by atoms with Crippen LogP contribution in [-0.4, -0.2) is 42.6 Å². The Morgan fingerprint density at radius 2 is 1.73 bits per heavy atom. The second kappa shape index (κ2) is 11.9. The van der Waals surface area contributed by atoms with Crippen LogP contribution in [0.25, 0.3) is 11.1 Å². The molecule has 0 aliphatic heterocycles. The normalized spacial score (nSPS) is 19.0. The fourth-order valence-electron chi connectivity index (χ4n) is 6.29. The first kappa shape index (κ1) is 29.2. The summed E-state index contributed by atoms with van der Waals surface area (Å²) < 4.78 is 17.6. The first-order chi connectivity index (χ1) is 19.7. The maximum absolute atomic E-state index is 12.3. The second-order valence-electron chi connectivity index (χ2n) is 12.0. The Kier molecular flexibility index (Phi) is 8.44. The van der Waals surface area contributed by atoms with E-state index in [2.05, 4.69) is 57.2 Å². The maximum atomic E-state index is 12.3. The van der Waals surface area contributed by atoms with Crippen LogP contribution >= 0.6 is 0 Å². The van der Waals surface area contributed by atoms with Crippen molar-refractivity contribution in [1.82, 2.24) is 0 Å². The average Bonchev–Trinajstić information content (AvgIpc) is 3.56. The van der Waals surface area contributed by atoms with Crippen LogP contribution < -0.4 is 9.47 Å². The number of aliphatic hydroxyl groups is 2. The van der Waals surface area contributed by atoms with Crippen LogP contribution in [0.1, 0.15) is 60.1 Å². The summed E-state index contributed by atoms with van der Waals surface area (Å²) in [5.41, 5.74) is 8.66. The smallest absolute Gasteiger partial charge is 0.309 e. The van der Waals surface area contributed by atoms with Gasteiger partial charge < -0.3 is 24.4 Å². The molecule has 2 N–H and O–H groups in total. The van der Waals surface area contributed by atoms with Gasteiger partial charge in [0.15, 0.2) is 0 Å². The third kappa shape index (κ3) is 5.86. The number of ether oxygens (including phenoxy) is 3. The Morgan fingerprint density at radius 3 is 2.39 bits per heavy atom. The van der Waals surface area contributed by atoms with Crippen LogP contribution in [0, 0.1) is 31.1 Å². The Balaban J connectivity index is 1.29. The lowest BCUT2D eigenvalue weighted by atomic mass is 9.93. The van der Waals surface area contributed by atoms with Crippen LogP contribution in [0.4, 0.5) is 0 Å². The summed E-state index contributed by atoms with van der Waals surface area (Å²) in [6.07, 6.45) is 1.78. The van der Waals surface area contributed by atoms with Crippen molar-refractivity contribution in [2.24, 2.45) is 17.3 Å². The summed E-state index contributed by atoms with van der Waals surface area (Å²) in [5.74, 6) is 2.31. The fraction of sp³-hybridized carbons (Fsp3) is 0.457. The largest absolute Gasteiger partial charge is 0.493 e. The number of carbonyl (C=O) groups excluding carboxylic acids is 1. The van der Waals surface area contributed by atoms with Crippen molar-refractivity contribution in [3.63, 3.8) is 0 Å². The number of hydrogen-bond donors (Lipinski definition) is 2. The third-order valence-corrected chi connectivity index (χ3v) is 8.71. The molecule has 6 heteroatoms. The first-order valence-corrected chi connectivity index (χ1v) is 14.7. The summed E-state index contributed by atoms with van der Waals surface area (Å²) in [7, 11) is 0. The lowest BCUT2D eigenvalue weighted by Gasteiger charge is -2.25. The highest BCUT2D eigenvalue weighted by molar-refractivity contribution is 5.80. The molecule has 3 aromatic carbocycles. The van der Waals surface area contributed by atoms with E-state index in [0.29, 0.717) is 25.0 Å². The van der Waals surface area contributed by atoms with Crippen LogP contribution in [0.15, 0.2) is 48.5 Å². The van der Waals surface area contributed by atoms with E-state index < -0.39 is 5.41 Å². The van der Waals surface area contributed by atoms with E-state index in [9.17, 15) is 15.0 Å². The van der Waals surface area contributed by atoms with Crippen LogP contribution in [-0.2, 0) is 29.0 Å². The SMILES string of the molecule is CCOC(=O)C1C2Cc3cc(OCc4cccc(-c5c(C)cc(OCC(C)(CO)CO)cc5C)c4)c(CC)cc3C21. The van der Waals surface area contributed by atoms with Gasteiger partial charge in [-0.2, -0.15) is 0 Å². The molecule has 6 nitrogen and oxygen atoms in total. The van der Waals surface area contributed by atoms with Gasteiger partial charge in [0.2, 0.25) is 0 Å². The molecule has 3 unspecified atom stereocenters. The average molecular weight is 559 g/mol. The number of carbonyl (C=O) groups is 1. The molecule has 3 aromatic rings. The molecule has 41 heavy (non-hydrogen) atoms. The van der Waals surface area contributed by atoms with Gasteiger partial charge in [-0.1, -0.05) is 38.1 Å². The zero-order valence-corrected chi connectivity index (χ0v) is 24.8. The lowest BCUT2D eigenvalue weighted by molar-refractivity contribution is -0.145. The molecule has 0 heterocycles. The first-order valence-electron chi connectivity index (χ1n) is 14.7. The van der Waals surface area contributed by atoms with Crippen LogP contribution in [0.5, 0.6) is 11.5 Å². The maximum Gasteiger partial charge on any atom is 0.309 e. The molecule has 0 radical (unpaired) electrons. The van der Waals surface area contributed by atoms with Crippen molar-refractivity contribution in [2.45, 2.75) is 60.0 Å². The molecule has 2 aliphatic carbocycles. The summed E-state index contributed by atoms with van der Waals surface area (Å²) in [6, 6.07) is 16.9. The van der Waals surface area contributed by atoms with Crippen molar-refractivity contribution >= 4 is 5.97 Å². The Morgan fingerprint density at radius 1 is 1.00 bits per heavy atom. The van der Waals surface area contributed by atoms with Crippen molar-refractivity contribution in [2.75, 3.05) is 26.4 Å².